The van der Waals surface area contributed by atoms with Crippen LogP contribution in [-0.4, -0.2) is 93.1 Å². The lowest BCUT2D eigenvalue weighted by Crippen LogP contribution is -2.53. The number of aliphatic hydroxyl groups excluding tert-OH is 1. The number of amides is 1. The lowest BCUT2D eigenvalue weighted by molar-refractivity contribution is -0.289. The van der Waals surface area contributed by atoms with Crippen LogP contribution in [0.2, 0.25) is 0 Å². The van der Waals surface area contributed by atoms with Crippen LogP contribution in [0.5, 0.6) is 0 Å². The van der Waals surface area contributed by atoms with Crippen molar-refractivity contribution >= 4 is 23.9 Å². The first-order chi connectivity index (χ1) is 19.9. The summed E-state index contributed by atoms with van der Waals surface area (Å²) >= 11 is 0. The van der Waals surface area contributed by atoms with Gasteiger partial charge in [0.15, 0.2) is 0 Å². The Kier molecular flexibility index (Phi) is 13.0. The van der Waals surface area contributed by atoms with Crippen LogP contribution in [0.3, 0.4) is 0 Å². The number of anilines is 1. The van der Waals surface area contributed by atoms with Crippen molar-refractivity contribution in [1.82, 2.24) is 15.5 Å². The molecular weight excluding hydrogens is 552 g/mol. The van der Waals surface area contributed by atoms with Crippen molar-refractivity contribution in [3.63, 3.8) is 0 Å². The SMILES string of the molecule is CC.CNC(=O)CCC(C=O)NC(O)c1c(NC(O)(O)c2ccccc2C(O)(O)N2CCOCC2)cccc1C(=O)O. The van der Waals surface area contributed by atoms with Crippen LogP contribution in [-0.2, 0) is 26.1 Å². The van der Waals surface area contributed by atoms with Crippen LogP contribution in [0.1, 0.15) is 60.0 Å². The first-order valence-electron chi connectivity index (χ1n) is 13.5. The van der Waals surface area contributed by atoms with Gasteiger partial charge in [-0.15, -0.1) is 0 Å². The first-order valence-corrected chi connectivity index (χ1v) is 13.5. The van der Waals surface area contributed by atoms with E-state index in [0.717, 1.165) is 0 Å². The maximum absolute atomic E-state index is 12.0. The van der Waals surface area contributed by atoms with Gasteiger partial charge < -0.3 is 50.8 Å². The van der Waals surface area contributed by atoms with Crippen molar-refractivity contribution in [2.45, 2.75) is 50.8 Å². The van der Waals surface area contributed by atoms with Crippen molar-refractivity contribution in [3.05, 3.63) is 64.7 Å². The molecule has 1 aliphatic heterocycles. The smallest absolute Gasteiger partial charge is 0.336 e. The van der Waals surface area contributed by atoms with Gasteiger partial charge in [0.05, 0.1) is 24.8 Å². The fourth-order valence-corrected chi connectivity index (χ4v) is 4.42. The minimum absolute atomic E-state index is 0.00777. The van der Waals surface area contributed by atoms with Crippen LogP contribution in [0.25, 0.3) is 0 Å². The molecule has 0 bridgehead atoms. The number of benzene rings is 2. The van der Waals surface area contributed by atoms with Gasteiger partial charge in [-0.2, -0.15) is 0 Å². The van der Waals surface area contributed by atoms with E-state index < -0.39 is 35.6 Å². The number of carbonyl (C=O) groups is 3. The van der Waals surface area contributed by atoms with E-state index in [1.807, 2.05) is 13.8 Å². The number of morpholine rings is 1. The molecule has 2 atom stereocenters. The maximum Gasteiger partial charge on any atom is 0.336 e. The Morgan fingerprint density at radius 3 is 2.21 bits per heavy atom. The minimum Gasteiger partial charge on any atom is -0.478 e. The fraction of sp³-hybridized carbons (Fsp3) is 0.464. The zero-order chi connectivity index (χ0) is 31.5. The van der Waals surface area contributed by atoms with E-state index in [0.29, 0.717) is 6.29 Å². The molecule has 2 aromatic carbocycles. The summed E-state index contributed by atoms with van der Waals surface area (Å²) < 4.78 is 5.25. The molecule has 3 rings (SSSR count). The molecule has 0 aliphatic carbocycles. The van der Waals surface area contributed by atoms with E-state index in [1.165, 1.54) is 54.4 Å². The normalized spacial score (nSPS) is 15.5. The molecule has 2 aromatic rings. The van der Waals surface area contributed by atoms with Crippen LogP contribution in [0.4, 0.5) is 5.69 Å². The van der Waals surface area contributed by atoms with E-state index in [2.05, 4.69) is 16.0 Å². The predicted molar refractivity (Wildman–Crippen MR) is 151 cm³/mol. The van der Waals surface area contributed by atoms with Crippen LogP contribution < -0.4 is 16.0 Å². The molecule has 2 unspecified atom stereocenters. The molecule has 0 saturated carbocycles. The highest BCUT2D eigenvalue weighted by molar-refractivity contribution is 5.91. The van der Waals surface area contributed by atoms with Crippen molar-refractivity contribution in [2.75, 3.05) is 38.7 Å². The summed E-state index contributed by atoms with van der Waals surface area (Å²) in [6.45, 7) is 4.76. The van der Waals surface area contributed by atoms with Crippen molar-refractivity contribution < 1.29 is 49.8 Å². The molecule has 0 aromatic heterocycles. The lowest BCUT2D eigenvalue weighted by atomic mass is 9.98. The maximum atomic E-state index is 12.0. The Labute approximate surface area is 243 Å². The Hall–Kier alpha value is -3.47. The quantitative estimate of drug-likeness (QED) is 0.108. The number of carboxylic acid groups (broad SMARTS) is 1. The van der Waals surface area contributed by atoms with E-state index >= 15 is 0 Å². The van der Waals surface area contributed by atoms with E-state index in [9.17, 15) is 45.0 Å². The number of aliphatic hydroxyl groups is 5. The molecule has 0 radical (unpaired) electrons. The number of aromatic carboxylic acids is 1. The number of aldehydes is 1. The molecular formula is C28H40N4O10. The zero-order valence-electron chi connectivity index (χ0n) is 23.8. The van der Waals surface area contributed by atoms with Gasteiger partial charge in [0.1, 0.15) is 12.5 Å². The highest BCUT2D eigenvalue weighted by Crippen LogP contribution is 2.35. The van der Waals surface area contributed by atoms with Gasteiger partial charge in [0.25, 0.3) is 11.8 Å². The van der Waals surface area contributed by atoms with Gasteiger partial charge in [0.2, 0.25) is 5.91 Å². The number of nitrogens with zero attached hydrogens (tertiary/aromatic N) is 1. The topological polar surface area (TPSA) is 221 Å². The molecule has 1 aliphatic rings. The number of hydrogen-bond donors (Lipinski definition) is 9. The Morgan fingerprint density at radius 1 is 1.02 bits per heavy atom. The Bertz CT molecular complexity index is 1200. The molecule has 14 nitrogen and oxygen atoms in total. The van der Waals surface area contributed by atoms with E-state index in [1.54, 1.807) is 0 Å². The molecule has 232 valence electrons. The summed E-state index contributed by atoms with van der Waals surface area (Å²) in [5.74, 6) is -7.42. The summed E-state index contributed by atoms with van der Waals surface area (Å²) in [6.07, 6.45) is -1.41. The lowest BCUT2D eigenvalue weighted by Gasteiger charge is -2.40. The Morgan fingerprint density at radius 2 is 1.64 bits per heavy atom. The zero-order valence-corrected chi connectivity index (χ0v) is 23.8. The number of nitrogens with one attached hydrogen (secondary N) is 3. The summed E-state index contributed by atoms with van der Waals surface area (Å²) in [4.78, 5) is 36.4. The summed E-state index contributed by atoms with van der Waals surface area (Å²) in [5, 5.41) is 72.3. The number of hydrogen-bond acceptors (Lipinski definition) is 12. The number of ether oxygens (including phenoxy) is 1. The monoisotopic (exact) mass is 592 g/mol. The Balaban J connectivity index is 0.00000301. The van der Waals surface area contributed by atoms with Gasteiger partial charge in [-0.1, -0.05) is 44.2 Å². The van der Waals surface area contributed by atoms with Crippen LogP contribution in [0, 0.1) is 0 Å². The summed E-state index contributed by atoms with van der Waals surface area (Å²) in [7, 11) is 1.42. The van der Waals surface area contributed by atoms with Crippen LogP contribution in [0.15, 0.2) is 42.5 Å². The van der Waals surface area contributed by atoms with Gasteiger partial charge in [-0.3, -0.25) is 10.1 Å². The number of carboxylic acids is 1. The van der Waals surface area contributed by atoms with Crippen LogP contribution >= 0.6 is 0 Å². The van der Waals surface area contributed by atoms with E-state index in [4.69, 9.17) is 4.74 Å². The average Bonchev–Trinajstić information content (AvgIpc) is 3.00. The highest BCUT2D eigenvalue weighted by atomic mass is 16.5. The standard InChI is InChI=1S/C26H34N4O10.C2H6/c1-27-21(32)10-9-16(15-31)28-23(33)22-17(24(34)35)5-4-8-20(22)29-25(36,37)18-6-2-3-7-19(18)26(38,39)30-11-13-40-14-12-30;1-2/h2-8,15-16,23,28-29,33,36-39H,9-14H2,1H3,(H,27,32)(H,34,35);1-2H3. The molecule has 0 spiro atoms. The molecule has 9 N–H and O–H groups in total. The van der Waals surface area contributed by atoms with Gasteiger partial charge >= 0.3 is 5.97 Å². The van der Waals surface area contributed by atoms with Gasteiger partial charge in [0, 0.05) is 48.9 Å². The van der Waals surface area contributed by atoms with Gasteiger partial charge in [-0.25, -0.2) is 9.69 Å². The number of rotatable bonds is 13. The predicted octanol–water partition coefficient (Wildman–Crippen LogP) is -0.281. The summed E-state index contributed by atoms with van der Waals surface area (Å²) in [5.41, 5.74) is -1.63. The third-order valence-electron chi connectivity index (χ3n) is 6.53. The molecule has 42 heavy (non-hydrogen) atoms. The fourth-order valence-electron chi connectivity index (χ4n) is 4.42. The second-order valence-corrected chi connectivity index (χ2v) is 9.17. The minimum atomic E-state index is -3.01. The van der Waals surface area contributed by atoms with E-state index in [-0.39, 0.29) is 67.4 Å². The third kappa shape index (κ3) is 8.53. The third-order valence-corrected chi connectivity index (χ3v) is 6.53. The van der Waals surface area contributed by atoms with Crippen molar-refractivity contribution in [2.24, 2.45) is 0 Å². The molecule has 1 heterocycles. The first kappa shape index (κ1) is 34.7. The largest absolute Gasteiger partial charge is 0.478 e. The van der Waals surface area contributed by atoms with Crippen molar-refractivity contribution in [1.29, 1.82) is 0 Å². The second kappa shape index (κ2) is 15.7. The molecule has 14 heteroatoms. The highest BCUT2D eigenvalue weighted by Gasteiger charge is 2.42. The van der Waals surface area contributed by atoms with Gasteiger partial charge in [-0.05, 0) is 18.6 Å². The summed E-state index contributed by atoms with van der Waals surface area (Å²) in [6, 6.07) is 8.12. The molecule has 1 saturated heterocycles. The second-order valence-electron chi connectivity index (χ2n) is 9.17. The number of carbonyl (C=O) groups excluding carboxylic acids is 2. The molecule has 1 fully saturated rings. The average molecular weight is 593 g/mol. The van der Waals surface area contributed by atoms with Crippen molar-refractivity contribution in [3.8, 4) is 0 Å². The molecule has 1 amide bonds.